The molecule has 3 rings (SSSR count). The molecule has 1 heterocycles. The lowest BCUT2D eigenvalue weighted by Gasteiger charge is -2.28. The highest BCUT2D eigenvalue weighted by Crippen LogP contribution is 2.30. The Morgan fingerprint density at radius 1 is 1.04 bits per heavy atom. The minimum atomic E-state index is -3.51. The van der Waals surface area contributed by atoms with Crippen molar-refractivity contribution in [2.45, 2.75) is 31.7 Å². The number of fused-ring (bicyclic) bond motifs is 1. The van der Waals surface area contributed by atoms with E-state index in [1.165, 1.54) is 5.56 Å². The zero-order valence-electron chi connectivity index (χ0n) is 13.7. The summed E-state index contributed by atoms with van der Waals surface area (Å²) in [6.45, 7) is 4.63. The van der Waals surface area contributed by atoms with E-state index in [2.05, 4.69) is 6.07 Å². The predicted molar refractivity (Wildman–Crippen MR) is 90.2 cm³/mol. The molecule has 0 amide bonds. The van der Waals surface area contributed by atoms with E-state index in [1.54, 1.807) is 23.5 Å². The van der Waals surface area contributed by atoms with Gasteiger partial charge in [-0.15, -0.1) is 0 Å². The molecule has 122 valence electrons. The van der Waals surface area contributed by atoms with Crippen LogP contribution in [0, 0.1) is 13.8 Å². The van der Waals surface area contributed by atoms with Gasteiger partial charge >= 0.3 is 0 Å². The highest BCUT2D eigenvalue weighted by atomic mass is 32.2. The Morgan fingerprint density at radius 3 is 2.43 bits per heavy atom. The zero-order valence-corrected chi connectivity index (χ0v) is 14.5. The average molecular weight is 331 g/mol. The van der Waals surface area contributed by atoms with Crippen LogP contribution in [0.1, 0.15) is 22.3 Å². The summed E-state index contributed by atoms with van der Waals surface area (Å²) in [5.41, 5.74) is 3.87. The highest BCUT2D eigenvalue weighted by molar-refractivity contribution is 7.89. The minimum absolute atomic E-state index is 0.371. The molecule has 0 saturated carbocycles. The first-order valence-corrected chi connectivity index (χ1v) is 9.09. The molecule has 4 nitrogen and oxygen atoms in total. The third-order valence-electron chi connectivity index (χ3n) is 4.41. The summed E-state index contributed by atoms with van der Waals surface area (Å²) in [5.74, 6) is 0.713. The SMILES string of the molecule is COc1cc(C)c(S(=O)(=O)N2CCc3ccccc3C2)cc1C. The molecule has 0 spiro atoms. The van der Waals surface area contributed by atoms with Crippen molar-refractivity contribution in [2.75, 3.05) is 13.7 Å². The van der Waals surface area contributed by atoms with Crippen LogP contribution in [0.5, 0.6) is 5.75 Å². The maximum Gasteiger partial charge on any atom is 0.243 e. The lowest BCUT2D eigenvalue weighted by Crippen LogP contribution is -2.36. The molecule has 2 aromatic carbocycles. The molecule has 23 heavy (non-hydrogen) atoms. The van der Waals surface area contributed by atoms with Crippen LogP contribution in [0.4, 0.5) is 0 Å². The average Bonchev–Trinajstić information content (AvgIpc) is 2.56. The van der Waals surface area contributed by atoms with Crippen molar-refractivity contribution in [2.24, 2.45) is 0 Å². The number of rotatable bonds is 3. The van der Waals surface area contributed by atoms with Gasteiger partial charge in [-0.25, -0.2) is 8.42 Å². The van der Waals surface area contributed by atoms with Crippen LogP contribution >= 0.6 is 0 Å². The molecule has 5 heteroatoms. The Balaban J connectivity index is 1.99. The fraction of sp³-hybridized carbons (Fsp3) is 0.333. The van der Waals surface area contributed by atoms with Crippen molar-refractivity contribution < 1.29 is 13.2 Å². The van der Waals surface area contributed by atoms with E-state index in [1.807, 2.05) is 32.0 Å². The predicted octanol–water partition coefficient (Wildman–Crippen LogP) is 3.06. The molecule has 0 fully saturated rings. The molecule has 0 radical (unpaired) electrons. The largest absolute Gasteiger partial charge is 0.496 e. The summed E-state index contributed by atoms with van der Waals surface area (Å²) >= 11 is 0. The maximum absolute atomic E-state index is 13.1. The summed E-state index contributed by atoms with van der Waals surface area (Å²) in [6.07, 6.45) is 0.754. The highest BCUT2D eigenvalue weighted by Gasteiger charge is 2.29. The number of aryl methyl sites for hydroxylation is 2. The number of sulfonamides is 1. The van der Waals surface area contributed by atoms with Crippen molar-refractivity contribution in [1.82, 2.24) is 4.31 Å². The second kappa shape index (κ2) is 5.98. The minimum Gasteiger partial charge on any atom is -0.496 e. The Bertz CT molecular complexity index is 843. The standard InChI is InChI=1S/C18H21NO3S/c1-13-11-18(14(2)10-17(13)22-3)23(20,21)19-9-8-15-6-4-5-7-16(15)12-19/h4-7,10-11H,8-9,12H2,1-3H3. The van der Waals surface area contributed by atoms with Crippen LogP contribution in [0.15, 0.2) is 41.3 Å². The summed E-state index contributed by atoms with van der Waals surface area (Å²) in [7, 11) is -1.91. The van der Waals surface area contributed by atoms with Gasteiger partial charge in [0.1, 0.15) is 5.75 Å². The number of hydrogen-bond acceptors (Lipinski definition) is 3. The van der Waals surface area contributed by atoms with Crippen LogP contribution < -0.4 is 4.74 Å². The first-order chi connectivity index (χ1) is 10.9. The molecule has 1 aliphatic heterocycles. The molecule has 2 aromatic rings. The van der Waals surface area contributed by atoms with Crippen molar-refractivity contribution in [3.63, 3.8) is 0 Å². The molecular weight excluding hydrogens is 310 g/mol. The van der Waals surface area contributed by atoms with Gasteiger partial charge in [-0.3, -0.25) is 0 Å². The number of nitrogens with zero attached hydrogens (tertiary/aromatic N) is 1. The molecule has 0 unspecified atom stereocenters. The lowest BCUT2D eigenvalue weighted by atomic mass is 10.0. The van der Waals surface area contributed by atoms with Gasteiger partial charge in [0.25, 0.3) is 0 Å². The number of ether oxygens (including phenoxy) is 1. The second-order valence-corrected chi connectivity index (χ2v) is 7.85. The van der Waals surface area contributed by atoms with E-state index < -0.39 is 10.0 Å². The van der Waals surface area contributed by atoms with E-state index in [-0.39, 0.29) is 0 Å². The van der Waals surface area contributed by atoms with E-state index in [9.17, 15) is 8.42 Å². The summed E-state index contributed by atoms with van der Waals surface area (Å²) in [4.78, 5) is 0.371. The van der Waals surface area contributed by atoms with Gasteiger partial charge in [-0.1, -0.05) is 24.3 Å². The third-order valence-corrected chi connectivity index (χ3v) is 6.39. The van der Waals surface area contributed by atoms with Crippen LogP contribution in [0.3, 0.4) is 0 Å². The monoisotopic (exact) mass is 331 g/mol. The summed E-state index contributed by atoms with van der Waals surface area (Å²) in [6, 6.07) is 11.5. The van der Waals surface area contributed by atoms with Crippen molar-refractivity contribution >= 4 is 10.0 Å². The quantitative estimate of drug-likeness (QED) is 0.868. The van der Waals surface area contributed by atoms with Crippen molar-refractivity contribution in [3.8, 4) is 5.75 Å². The normalized spacial score (nSPS) is 15.3. The Kier molecular flexibility index (Phi) is 4.17. The van der Waals surface area contributed by atoms with E-state index >= 15 is 0 Å². The van der Waals surface area contributed by atoms with Gasteiger partial charge in [-0.2, -0.15) is 4.31 Å². The maximum atomic E-state index is 13.1. The van der Waals surface area contributed by atoms with Crippen LogP contribution in [0.25, 0.3) is 0 Å². The van der Waals surface area contributed by atoms with Gasteiger partial charge in [0.05, 0.1) is 12.0 Å². The lowest BCUT2D eigenvalue weighted by molar-refractivity contribution is 0.390. The van der Waals surface area contributed by atoms with E-state index in [0.29, 0.717) is 29.3 Å². The van der Waals surface area contributed by atoms with Gasteiger partial charge in [-0.05, 0) is 54.7 Å². The molecular formula is C18H21NO3S. The fourth-order valence-electron chi connectivity index (χ4n) is 3.08. The smallest absolute Gasteiger partial charge is 0.243 e. The number of methoxy groups -OCH3 is 1. The van der Waals surface area contributed by atoms with Gasteiger partial charge in [0.15, 0.2) is 0 Å². The van der Waals surface area contributed by atoms with Crippen LogP contribution in [-0.4, -0.2) is 26.4 Å². The Hall–Kier alpha value is -1.85. The molecule has 0 aliphatic carbocycles. The van der Waals surface area contributed by atoms with Gasteiger partial charge in [0.2, 0.25) is 10.0 Å². The molecule has 0 N–H and O–H groups in total. The zero-order chi connectivity index (χ0) is 16.6. The molecule has 0 atom stereocenters. The molecule has 0 bridgehead atoms. The Labute approximate surface area is 137 Å². The first kappa shape index (κ1) is 16.0. The summed E-state index contributed by atoms with van der Waals surface area (Å²) in [5, 5.41) is 0. The van der Waals surface area contributed by atoms with Crippen LogP contribution in [0.2, 0.25) is 0 Å². The van der Waals surface area contributed by atoms with Crippen molar-refractivity contribution in [1.29, 1.82) is 0 Å². The topological polar surface area (TPSA) is 46.6 Å². The number of benzene rings is 2. The van der Waals surface area contributed by atoms with Crippen LogP contribution in [-0.2, 0) is 23.0 Å². The second-order valence-electron chi connectivity index (χ2n) is 5.94. The molecule has 0 saturated heterocycles. The van der Waals surface area contributed by atoms with Gasteiger partial charge < -0.3 is 4.74 Å². The molecule has 0 aromatic heterocycles. The fourth-order valence-corrected chi connectivity index (χ4v) is 4.79. The summed E-state index contributed by atoms with van der Waals surface area (Å²) < 4.78 is 33.0. The van der Waals surface area contributed by atoms with Crippen molar-refractivity contribution in [3.05, 3.63) is 58.7 Å². The van der Waals surface area contributed by atoms with E-state index in [4.69, 9.17) is 4.74 Å². The Morgan fingerprint density at radius 2 is 1.74 bits per heavy atom. The third kappa shape index (κ3) is 2.86. The molecule has 1 aliphatic rings. The first-order valence-electron chi connectivity index (χ1n) is 7.65. The van der Waals surface area contributed by atoms with E-state index in [0.717, 1.165) is 17.5 Å². The van der Waals surface area contributed by atoms with Gasteiger partial charge in [0, 0.05) is 13.1 Å². The number of hydrogen-bond donors (Lipinski definition) is 0.